The van der Waals surface area contributed by atoms with Crippen LogP contribution in [0.25, 0.3) is 0 Å². The lowest BCUT2D eigenvalue weighted by atomic mass is 9.82. The highest BCUT2D eigenvalue weighted by Gasteiger charge is 2.46. The fraction of sp³-hybridized carbons (Fsp3) is 0.545. The number of piperazine rings is 1. The fourth-order valence-electron chi connectivity index (χ4n) is 7.24. The maximum atomic E-state index is 14.0. The molecule has 1 atom stereocenters. The van der Waals surface area contributed by atoms with Gasteiger partial charge < -0.3 is 29.9 Å². The van der Waals surface area contributed by atoms with Gasteiger partial charge in [0.25, 0.3) is 5.91 Å². The molecule has 4 heterocycles. The number of alkyl halides is 3. The lowest BCUT2D eigenvalue weighted by molar-refractivity contribution is -0.143. The number of anilines is 2. The van der Waals surface area contributed by atoms with Crippen LogP contribution in [0.4, 0.5) is 34.1 Å². The highest BCUT2D eigenvalue weighted by molar-refractivity contribution is 6.33. The highest BCUT2D eigenvalue weighted by atomic mass is 35.5. The molecular weight excluding hydrogens is 653 g/mol. The molecule has 2 aromatic carbocycles. The highest BCUT2D eigenvalue weighted by Crippen LogP contribution is 2.43. The molecule has 3 saturated heterocycles. The number of likely N-dealkylation sites (N-methyl/N-ethyl adjacent to an activating group) is 1. The van der Waals surface area contributed by atoms with Gasteiger partial charge in [0.2, 0.25) is 0 Å². The average Bonchev–Trinajstić information content (AvgIpc) is 3.06. The number of nitrogen functional groups attached to an aromatic ring is 1. The Morgan fingerprint density at radius 1 is 1.04 bits per heavy atom. The maximum absolute atomic E-state index is 14.0. The van der Waals surface area contributed by atoms with E-state index in [1.54, 1.807) is 11.0 Å². The maximum Gasteiger partial charge on any atom is 0.418 e. The Bertz CT molecular complexity index is 1540. The summed E-state index contributed by atoms with van der Waals surface area (Å²) >= 11 is 6.10. The van der Waals surface area contributed by atoms with Crippen molar-refractivity contribution in [3.05, 3.63) is 58.1 Å². The lowest BCUT2D eigenvalue weighted by Crippen LogP contribution is -2.54. The monoisotopic (exact) mass is 692 g/mol. The van der Waals surface area contributed by atoms with Gasteiger partial charge in [-0.1, -0.05) is 29.8 Å². The Kier molecular flexibility index (Phi) is 9.69. The standard InChI is InChI=1S/C33H40ClF3N6O5/c1-40-14-16-41(17-15-40)22-6-10-42(11-7-22)29(44)27(20-21-18-24(33(35,36)37)28(38)25(34)19-21)47-31(46)43-12-8-32(9-13-43)23-4-2-3-5-26(23)39-30(45)48-32/h2-5,18-19,22,27H,6-17,20,38H2,1H3,(H,39,45)/t27-/m1/s1. The normalized spacial score (nSPS) is 21.3. The summed E-state index contributed by atoms with van der Waals surface area (Å²) in [6, 6.07) is 9.76. The van der Waals surface area contributed by atoms with E-state index in [1.165, 1.54) is 11.0 Å². The van der Waals surface area contributed by atoms with E-state index >= 15 is 0 Å². The molecule has 3 fully saturated rings. The van der Waals surface area contributed by atoms with E-state index in [1.807, 2.05) is 18.2 Å². The second-order valence-corrected chi connectivity index (χ2v) is 13.5. The van der Waals surface area contributed by atoms with Crippen LogP contribution in [0.3, 0.4) is 0 Å². The third-order valence-electron chi connectivity index (χ3n) is 10.0. The summed E-state index contributed by atoms with van der Waals surface area (Å²) in [5.41, 5.74) is 4.51. The number of nitrogens with two attached hydrogens (primary N) is 1. The zero-order chi connectivity index (χ0) is 34.2. The average molecular weight is 693 g/mol. The molecular formula is C33H40ClF3N6O5. The van der Waals surface area contributed by atoms with Gasteiger partial charge in [0.05, 0.1) is 22.0 Å². The topological polar surface area (TPSA) is 121 Å². The predicted molar refractivity (Wildman–Crippen MR) is 173 cm³/mol. The van der Waals surface area contributed by atoms with Gasteiger partial charge in [-0.05, 0) is 43.7 Å². The summed E-state index contributed by atoms with van der Waals surface area (Å²) < 4.78 is 52.9. The number of hydrogen-bond donors (Lipinski definition) is 2. The summed E-state index contributed by atoms with van der Waals surface area (Å²) in [7, 11) is 2.09. The van der Waals surface area contributed by atoms with Crippen LogP contribution in [-0.2, 0) is 32.5 Å². The molecule has 0 unspecified atom stereocenters. The van der Waals surface area contributed by atoms with Crippen molar-refractivity contribution < 1.29 is 37.0 Å². The Balaban J connectivity index is 1.17. The molecule has 0 aromatic heterocycles. The number of amides is 3. The Morgan fingerprint density at radius 3 is 2.38 bits per heavy atom. The number of hydrogen-bond acceptors (Lipinski definition) is 8. The minimum atomic E-state index is -4.77. The van der Waals surface area contributed by atoms with Crippen molar-refractivity contribution in [3.63, 3.8) is 0 Å². The fourth-order valence-corrected chi connectivity index (χ4v) is 7.48. The minimum absolute atomic E-state index is 0.0656. The van der Waals surface area contributed by atoms with Gasteiger partial charge in [-0.25, -0.2) is 9.59 Å². The first-order valence-electron chi connectivity index (χ1n) is 16.2. The van der Waals surface area contributed by atoms with Crippen molar-refractivity contribution in [2.75, 3.05) is 70.5 Å². The van der Waals surface area contributed by atoms with Gasteiger partial charge in [0.15, 0.2) is 6.10 Å². The molecule has 4 aliphatic rings. The number of nitrogens with zero attached hydrogens (tertiary/aromatic N) is 4. The van der Waals surface area contributed by atoms with Crippen LogP contribution >= 0.6 is 11.6 Å². The third-order valence-corrected chi connectivity index (χ3v) is 10.3. The predicted octanol–water partition coefficient (Wildman–Crippen LogP) is 4.78. The van der Waals surface area contributed by atoms with Gasteiger partial charge in [0, 0.05) is 83.2 Å². The smallest absolute Gasteiger partial charge is 0.418 e. The SMILES string of the molecule is CN1CCN(C2CCN(C(=O)[C@@H](Cc3cc(Cl)c(N)c(C(F)(F)F)c3)OC(=O)N3CCC4(CC3)OC(=O)Nc3ccccc34)CC2)CC1. The summed E-state index contributed by atoms with van der Waals surface area (Å²) in [5.74, 6) is -0.476. The Labute approximate surface area is 282 Å². The molecule has 48 heavy (non-hydrogen) atoms. The molecule has 4 aliphatic heterocycles. The second-order valence-electron chi connectivity index (χ2n) is 13.1. The number of nitrogens with one attached hydrogen (secondary N) is 1. The number of carbonyl (C=O) groups excluding carboxylic acids is 3. The van der Waals surface area contributed by atoms with Crippen molar-refractivity contribution in [3.8, 4) is 0 Å². The van der Waals surface area contributed by atoms with E-state index in [0.29, 0.717) is 37.7 Å². The molecule has 0 bridgehead atoms. The van der Waals surface area contributed by atoms with Crippen LogP contribution in [0.15, 0.2) is 36.4 Å². The van der Waals surface area contributed by atoms with Crippen molar-refractivity contribution in [1.82, 2.24) is 19.6 Å². The minimum Gasteiger partial charge on any atom is -0.438 e. The summed E-state index contributed by atoms with van der Waals surface area (Å²) in [4.78, 5) is 47.7. The Hall–Kier alpha value is -3.75. The third kappa shape index (κ3) is 7.15. The van der Waals surface area contributed by atoms with Gasteiger partial charge >= 0.3 is 18.4 Å². The summed E-state index contributed by atoms with van der Waals surface area (Å²) in [6.45, 7) is 5.07. The zero-order valence-electron chi connectivity index (χ0n) is 26.7. The molecule has 2 aromatic rings. The number of para-hydroxylation sites is 1. The molecule has 6 rings (SSSR count). The summed E-state index contributed by atoms with van der Waals surface area (Å²) in [6.07, 6.45) is -5.76. The van der Waals surface area contributed by atoms with Crippen molar-refractivity contribution >= 4 is 41.1 Å². The number of benzene rings is 2. The molecule has 0 saturated carbocycles. The number of rotatable bonds is 5. The van der Waals surface area contributed by atoms with Crippen molar-refractivity contribution in [2.24, 2.45) is 0 Å². The largest absolute Gasteiger partial charge is 0.438 e. The van der Waals surface area contributed by atoms with Crippen LogP contribution in [-0.4, -0.2) is 109 Å². The van der Waals surface area contributed by atoms with E-state index in [-0.39, 0.29) is 30.1 Å². The van der Waals surface area contributed by atoms with Crippen LogP contribution in [0.1, 0.15) is 42.4 Å². The number of likely N-dealkylation sites (tertiary alicyclic amines) is 2. The number of fused-ring (bicyclic) bond motifs is 2. The van der Waals surface area contributed by atoms with Crippen LogP contribution in [0, 0.1) is 0 Å². The number of carbonyl (C=O) groups is 3. The van der Waals surface area contributed by atoms with Crippen molar-refractivity contribution in [1.29, 1.82) is 0 Å². The first kappa shape index (κ1) is 34.1. The molecule has 1 spiro atoms. The van der Waals surface area contributed by atoms with Crippen molar-refractivity contribution in [2.45, 2.75) is 56.0 Å². The summed E-state index contributed by atoms with van der Waals surface area (Å²) in [5, 5.41) is 2.40. The number of halogens is 4. The Morgan fingerprint density at radius 2 is 1.71 bits per heavy atom. The molecule has 11 nitrogen and oxygen atoms in total. The van der Waals surface area contributed by atoms with E-state index in [0.717, 1.165) is 50.7 Å². The van der Waals surface area contributed by atoms with Crippen LogP contribution in [0.5, 0.6) is 0 Å². The quantitative estimate of drug-likeness (QED) is 0.430. The van der Waals surface area contributed by atoms with E-state index < -0.39 is 47.2 Å². The molecule has 3 N–H and O–H groups in total. The molecule has 0 radical (unpaired) electrons. The first-order chi connectivity index (χ1) is 22.8. The number of piperidine rings is 2. The second kappa shape index (κ2) is 13.6. The molecule has 3 amide bonds. The molecule has 0 aliphatic carbocycles. The van der Waals surface area contributed by atoms with E-state index in [2.05, 4.69) is 22.2 Å². The van der Waals surface area contributed by atoms with Crippen LogP contribution < -0.4 is 11.1 Å². The molecule has 15 heteroatoms. The van der Waals surface area contributed by atoms with Crippen LogP contribution in [0.2, 0.25) is 5.02 Å². The number of ether oxygens (including phenoxy) is 2. The lowest BCUT2D eigenvalue weighted by Gasteiger charge is -2.44. The van der Waals surface area contributed by atoms with Gasteiger partial charge in [-0.15, -0.1) is 0 Å². The van der Waals surface area contributed by atoms with Gasteiger partial charge in [-0.2, -0.15) is 13.2 Å². The van der Waals surface area contributed by atoms with E-state index in [9.17, 15) is 27.6 Å². The molecule has 260 valence electrons. The first-order valence-corrected chi connectivity index (χ1v) is 16.6. The van der Waals surface area contributed by atoms with Gasteiger partial charge in [0.1, 0.15) is 5.60 Å². The van der Waals surface area contributed by atoms with Gasteiger partial charge in [-0.3, -0.25) is 15.0 Å². The zero-order valence-corrected chi connectivity index (χ0v) is 27.5. The van der Waals surface area contributed by atoms with E-state index in [4.69, 9.17) is 26.8 Å².